The van der Waals surface area contributed by atoms with Crippen molar-refractivity contribution in [2.24, 2.45) is 11.8 Å². The van der Waals surface area contributed by atoms with Crippen molar-refractivity contribution < 1.29 is 0 Å². The lowest BCUT2D eigenvalue weighted by atomic mass is 9.73. The summed E-state index contributed by atoms with van der Waals surface area (Å²) in [6.45, 7) is 4.49. The van der Waals surface area contributed by atoms with E-state index in [-0.39, 0.29) is 0 Å². The van der Waals surface area contributed by atoms with E-state index in [1.165, 1.54) is 31.2 Å². The van der Waals surface area contributed by atoms with Crippen LogP contribution < -0.4 is 5.32 Å². The number of benzene rings is 1. The van der Waals surface area contributed by atoms with E-state index in [2.05, 4.69) is 24.4 Å². The number of halogens is 1. The molecule has 0 spiro atoms. The highest BCUT2D eigenvalue weighted by atomic mass is 35.5. The molecule has 1 atom stereocenters. The van der Waals surface area contributed by atoms with E-state index in [1.54, 1.807) is 0 Å². The molecule has 1 aliphatic carbocycles. The molecule has 1 aliphatic rings. The van der Waals surface area contributed by atoms with Gasteiger partial charge in [-0.2, -0.15) is 0 Å². The summed E-state index contributed by atoms with van der Waals surface area (Å²) in [4.78, 5) is 0. The molecule has 0 aliphatic heterocycles. The maximum absolute atomic E-state index is 6.28. The molecule has 2 rings (SSSR count). The van der Waals surface area contributed by atoms with Crippen LogP contribution in [-0.2, 0) is 6.42 Å². The molecule has 0 aromatic heterocycles. The van der Waals surface area contributed by atoms with Crippen LogP contribution in [0, 0.1) is 11.8 Å². The molecule has 18 heavy (non-hydrogen) atoms. The van der Waals surface area contributed by atoms with Gasteiger partial charge < -0.3 is 5.32 Å². The highest BCUT2D eigenvalue weighted by molar-refractivity contribution is 6.31. The highest BCUT2D eigenvalue weighted by Crippen LogP contribution is 2.35. The largest absolute Gasteiger partial charge is 0.316 e. The van der Waals surface area contributed by atoms with E-state index in [0.717, 1.165) is 36.4 Å². The van der Waals surface area contributed by atoms with Gasteiger partial charge in [0.15, 0.2) is 0 Å². The Morgan fingerprint density at radius 2 is 2.11 bits per heavy atom. The third-order valence-electron chi connectivity index (χ3n) is 4.09. The molecule has 0 amide bonds. The van der Waals surface area contributed by atoms with E-state index in [9.17, 15) is 0 Å². The standard InChI is InChI=1S/C16H24ClN/c1-2-10-18-12-15(13-7-5-8-13)11-14-6-3-4-9-16(14)17/h3-4,6,9,13,15,18H,2,5,7-8,10-12H2,1H3. The quantitative estimate of drug-likeness (QED) is 0.725. The molecular formula is C16H24ClN. The van der Waals surface area contributed by atoms with Crippen LogP contribution in [-0.4, -0.2) is 13.1 Å². The Kier molecular flexibility index (Phi) is 5.52. The molecule has 0 saturated heterocycles. The van der Waals surface area contributed by atoms with Crippen molar-refractivity contribution in [3.05, 3.63) is 34.9 Å². The molecule has 1 aromatic rings. The van der Waals surface area contributed by atoms with Gasteiger partial charge in [-0.15, -0.1) is 0 Å². The van der Waals surface area contributed by atoms with Gasteiger partial charge in [0.25, 0.3) is 0 Å². The zero-order valence-corrected chi connectivity index (χ0v) is 12.0. The summed E-state index contributed by atoms with van der Waals surface area (Å²) in [7, 11) is 0. The van der Waals surface area contributed by atoms with Crippen molar-refractivity contribution in [3.8, 4) is 0 Å². The second-order valence-electron chi connectivity index (χ2n) is 5.45. The predicted molar refractivity (Wildman–Crippen MR) is 79.1 cm³/mol. The highest BCUT2D eigenvalue weighted by Gasteiger charge is 2.27. The summed E-state index contributed by atoms with van der Waals surface area (Å²) in [5, 5.41) is 4.51. The first kappa shape index (κ1) is 13.9. The van der Waals surface area contributed by atoms with E-state index < -0.39 is 0 Å². The first-order valence-corrected chi connectivity index (χ1v) is 7.63. The van der Waals surface area contributed by atoms with E-state index in [0.29, 0.717) is 0 Å². The molecule has 1 nitrogen and oxygen atoms in total. The van der Waals surface area contributed by atoms with Crippen LogP contribution >= 0.6 is 11.6 Å². The fourth-order valence-corrected chi connectivity index (χ4v) is 2.94. The third kappa shape index (κ3) is 3.73. The molecule has 1 aromatic carbocycles. The Labute approximate surface area is 116 Å². The van der Waals surface area contributed by atoms with Crippen molar-refractivity contribution in [3.63, 3.8) is 0 Å². The van der Waals surface area contributed by atoms with Crippen LogP contribution in [0.15, 0.2) is 24.3 Å². The lowest BCUT2D eigenvalue weighted by Gasteiger charge is -2.34. The Bertz CT molecular complexity index is 360. The first-order valence-electron chi connectivity index (χ1n) is 7.25. The zero-order valence-electron chi connectivity index (χ0n) is 11.3. The minimum Gasteiger partial charge on any atom is -0.316 e. The van der Waals surface area contributed by atoms with Gasteiger partial charge in [0.05, 0.1) is 0 Å². The zero-order chi connectivity index (χ0) is 12.8. The van der Waals surface area contributed by atoms with Crippen molar-refractivity contribution >= 4 is 11.6 Å². The minimum absolute atomic E-state index is 0.755. The fraction of sp³-hybridized carbons (Fsp3) is 0.625. The maximum atomic E-state index is 6.28. The van der Waals surface area contributed by atoms with Crippen LogP contribution in [0.5, 0.6) is 0 Å². The summed E-state index contributed by atoms with van der Waals surface area (Å²) in [6, 6.07) is 8.29. The second-order valence-corrected chi connectivity index (χ2v) is 5.86. The van der Waals surface area contributed by atoms with Gasteiger partial charge in [-0.3, -0.25) is 0 Å². The van der Waals surface area contributed by atoms with Crippen LogP contribution in [0.2, 0.25) is 5.02 Å². The smallest absolute Gasteiger partial charge is 0.0438 e. The van der Waals surface area contributed by atoms with Crippen LogP contribution in [0.25, 0.3) is 0 Å². The fourth-order valence-electron chi connectivity index (χ4n) is 2.73. The van der Waals surface area contributed by atoms with Crippen molar-refractivity contribution in [1.82, 2.24) is 5.32 Å². The van der Waals surface area contributed by atoms with E-state index in [4.69, 9.17) is 11.6 Å². The van der Waals surface area contributed by atoms with Gasteiger partial charge in [-0.25, -0.2) is 0 Å². The summed E-state index contributed by atoms with van der Waals surface area (Å²) in [5.74, 6) is 1.66. The SMILES string of the molecule is CCCNCC(Cc1ccccc1Cl)C1CCC1. The normalized spacial score (nSPS) is 17.4. The molecule has 2 heteroatoms. The molecule has 1 saturated carbocycles. The van der Waals surface area contributed by atoms with Crippen molar-refractivity contribution in [1.29, 1.82) is 0 Å². The molecule has 0 radical (unpaired) electrons. The summed E-state index contributed by atoms with van der Waals surface area (Å²) < 4.78 is 0. The molecular weight excluding hydrogens is 242 g/mol. The van der Waals surface area contributed by atoms with Crippen LogP contribution in [0.1, 0.15) is 38.2 Å². The third-order valence-corrected chi connectivity index (χ3v) is 4.46. The van der Waals surface area contributed by atoms with Gasteiger partial charge in [0, 0.05) is 5.02 Å². The Balaban J connectivity index is 1.93. The summed E-state index contributed by atoms with van der Waals surface area (Å²) in [6.07, 6.45) is 6.56. The Morgan fingerprint density at radius 1 is 1.33 bits per heavy atom. The first-order chi connectivity index (χ1) is 8.81. The second kappa shape index (κ2) is 7.16. The average Bonchev–Trinajstić information content (AvgIpc) is 2.30. The summed E-state index contributed by atoms with van der Waals surface area (Å²) >= 11 is 6.28. The predicted octanol–water partition coefficient (Wildman–Crippen LogP) is 4.30. The average molecular weight is 266 g/mol. The summed E-state index contributed by atoms with van der Waals surface area (Å²) in [5.41, 5.74) is 1.31. The number of hydrogen-bond donors (Lipinski definition) is 1. The monoisotopic (exact) mass is 265 g/mol. The molecule has 1 unspecified atom stereocenters. The number of rotatable bonds is 7. The van der Waals surface area contributed by atoms with Crippen LogP contribution in [0.4, 0.5) is 0 Å². The number of nitrogens with one attached hydrogen (secondary N) is 1. The van der Waals surface area contributed by atoms with Gasteiger partial charge >= 0.3 is 0 Å². The van der Waals surface area contributed by atoms with Gasteiger partial charge in [0.1, 0.15) is 0 Å². The lowest BCUT2D eigenvalue weighted by Crippen LogP contribution is -2.33. The molecule has 1 N–H and O–H groups in total. The Hall–Kier alpha value is -0.530. The Morgan fingerprint density at radius 3 is 2.72 bits per heavy atom. The van der Waals surface area contributed by atoms with E-state index >= 15 is 0 Å². The molecule has 0 bridgehead atoms. The number of hydrogen-bond acceptors (Lipinski definition) is 1. The van der Waals surface area contributed by atoms with Crippen LogP contribution in [0.3, 0.4) is 0 Å². The lowest BCUT2D eigenvalue weighted by molar-refractivity contribution is 0.200. The van der Waals surface area contributed by atoms with Gasteiger partial charge in [-0.1, -0.05) is 56.0 Å². The van der Waals surface area contributed by atoms with E-state index in [1.807, 2.05) is 12.1 Å². The molecule has 100 valence electrons. The van der Waals surface area contributed by atoms with Crippen molar-refractivity contribution in [2.45, 2.75) is 39.0 Å². The maximum Gasteiger partial charge on any atom is 0.0438 e. The topological polar surface area (TPSA) is 12.0 Å². The minimum atomic E-state index is 0.755. The van der Waals surface area contributed by atoms with Gasteiger partial charge in [0.2, 0.25) is 0 Å². The van der Waals surface area contributed by atoms with Crippen molar-refractivity contribution in [2.75, 3.05) is 13.1 Å². The molecule has 1 fully saturated rings. The molecule has 0 heterocycles. The van der Waals surface area contributed by atoms with Gasteiger partial charge in [-0.05, 0) is 49.4 Å².